The lowest BCUT2D eigenvalue weighted by molar-refractivity contribution is 0.720. The number of hydrogen-bond acceptors (Lipinski definition) is 4. The van der Waals surface area contributed by atoms with Crippen LogP contribution in [0.2, 0.25) is 0 Å². The minimum absolute atomic E-state index is 0.156. The molecule has 0 aliphatic carbocycles. The Labute approximate surface area is 117 Å². The molecule has 1 aromatic carbocycles. The first-order valence-corrected chi connectivity index (χ1v) is 7.06. The van der Waals surface area contributed by atoms with Crippen LogP contribution in [0.15, 0.2) is 52.9 Å². The van der Waals surface area contributed by atoms with Gasteiger partial charge in [-0.15, -0.1) is 11.3 Å². The van der Waals surface area contributed by atoms with E-state index in [-0.39, 0.29) is 5.69 Å². The van der Waals surface area contributed by atoms with Crippen molar-refractivity contribution in [2.24, 2.45) is 0 Å². The van der Waals surface area contributed by atoms with E-state index in [0.29, 0.717) is 12.2 Å². The summed E-state index contributed by atoms with van der Waals surface area (Å²) < 4.78 is 3.11. The first-order chi connectivity index (χ1) is 9.84. The summed E-state index contributed by atoms with van der Waals surface area (Å²) >= 11 is 1.55. The fourth-order valence-electron chi connectivity index (χ4n) is 2.35. The van der Waals surface area contributed by atoms with Gasteiger partial charge < -0.3 is 0 Å². The molecular formula is C14H10N4OS. The molecule has 0 aliphatic heterocycles. The molecule has 98 valence electrons. The van der Waals surface area contributed by atoms with E-state index in [1.54, 1.807) is 15.9 Å². The van der Waals surface area contributed by atoms with Crippen molar-refractivity contribution in [3.8, 4) is 0 Å². The maximum Gasteiger partial charge on any atom is 0.352 e. The van der Waals surface area contributed by atoms with Crippen molar-refractivity contribution in [2.45, 2.75) is 6.54 Å². The maximum atomic E-state index is 12.5. The summed E-state index contributed by atoms with van der Waals surface area (Å²) in [4.78, 5) is 17.6. The zero-order valence-corrected chi connectivity index (χ0v) is 11.2. The van der Waals surface area contributed by atoms with Crippen molar-refractivity contribution in [2.75, 3.05) is 0 Å². The average Bonchev–Trinajstić information content (AvgIpc) is 3.12. The number of thiophene rings is 1. The Bertz CT molecular complexity index is 952. The van der Waals surface area contributed by atoms with E-state index in [1.807, 2.05) is 41.8 Å². The summed E-state index contributed by atoms with van der Waals surface area (Å²) in [5, 5.41) is 6.96. The van der Waals surface area contributed by atoms with Crippen molar-refractivity contribution in [1.82, 2.24) is 19.2 Å². The molecule has 20 heavy (non-hydrogen) atoms. The lowest BCUT2D eigenvalue weighted by atomic mass is 10.2. The Morgan fingerprint density at radius 3 is 2.85 bits per heavy atom. The van der Waals surface area contributed by atoms with E-state index in [2.05, 4.69) is 10.1 Å². The van der Waals surface area contributed by atoms with Gasteiger partial charge >= 0.3 is 5.69 Å². The van der Waals surface area contributed by atoms with Gasteiger partial charge in [0.05, 0.1) is 11.9 Å². The average molecular weight is 282 g/mol. The fraction of sp³-hybridized carbons (Fsp3) is 0.0714. The molecule has 0 spiro atoms. The molecule has 6 heteroatoms. The predicted octanol–water partition coefficient (Wildman–Crippen LogP) is 2.15. The highest BCUT2D eigenvalue weighted by Gasteiger charge is 2.13. The summed E-state index contributed by atoms with van der Waals surface area (Å²) in [5.41, 5.74) is 1.55. The first-order valence-electron chi connectivity index (χ1n) is 6.18. The summed E-state index contributed by atoms with van der Waals surface area (Å²) in [6.45, 7) is 0.534. The van der Waals surface area contributed by atoms with Gasteiger partial charge in [-0.05, 0) is 17.0 Å². The van der Waals surface area contributed by atoms with Gasteiger partial charge in [-0.25, -0.2) is 9.78 Å². The van der Waals surface area contributed by atoms with Crippen molar-refractivity contribution in [3.05, 3.63) is 64.2 Å². The van der Waals surface area contributed by atoms with Crippen LogP contribution in [0.25, 0.3) is 15.9 Å². The normalized spacial score (nSPS) is 11.4. The number of aromatic nitrogens is 4. The molecule has 0 amide bonds. The Morgan fingerprint density at radius 1 is 1.15 bits per heavy atom. The lowest BCUT2D eigenvalue weighted by Crippen LogP contribution is -2.27. The number of hydrogen-bond donors (Lipinski definition) is 0. The summed E-state index contributed by atoms with van der Waals surface area (Å²) in [6, 6.07) is 11.9. The van der Waals surface area contributed by atoms with Crippen molar-refractivity contribution >= 4 is 27.2 Å². The summed E-state index contributed by atoms with van der Waals surface area (Å²) in [6.07, 6.45) is 1.42. The Balaban J connectivity index is 2.03. The third kappa shape index (κ3) is 1.58. The molecule has 0 saturated carbocycles. The number of fused-ring (bicyclic) bond motifs is 3. The van der Waals surface area contributed by atoms with Gasteiger partial charge in [0.15, 0.2) is 5.65 Å². The van der Waals surface area contributed by atoms with Gasteiger partial charge in [0.25, 0.3) is 0 Å². The highest BCUT2D eigenvalue weighted by Crippen LogP contribution is 2.22. The van der Waals surface area contributed by atoms with Crippen LogP contribution in [-0.4, -0.2) is 19.2 Å². The monoisotopic (exact) mass is 282 g/mol. The van der Waals surface area contributed by atoms with Crippen LogP contribution in [0.1, 0.15) is 5.56 Å². The molecule has 0 atom stereocenters. The molecule has 5 nitrogen and oxygen atoms in total. The van der Waals surface area contributed by atoms with E-state index in [9.17, 15) is 4.79 Å². The van der Waals surface area contributed by atoms with Crippen LogP contribution in [-0.2, 0) is 6.54 Å². The second kappa shape index (κ2) is 4.28. The maximum absolute atomic E-state index is 12.5. The number of benzene rings is 1. The third-order valence-electron chi connectivity index (χ3n) is 3.27. The number of rotatable bonds is 2. The minimum atomic E-state index is -0.156. The zero-order chi connectivity index (χ0) is 13.5. The smallest absolute Gasteiger partial charge is 0.278 e. The quantitative estimate of drug-likeness (QED) is 0.566. The van der Waals surface area contributed by atoms with E-state index in [4.69, 9.17) is 0 Å². The fourth-order valence-corrected chi connectivity index (χ4v) is 3.24. The second-order valence-corrected chi connectivity index (χ2v) is 5.38. The van der Waals surface area contributed by atoms with Crippen LogP contribution in [0.4, 0.5) is 0 Å². The van der Waals surface area contributed by atoms with Crippen LogP contribution >= 0.6 is 11.3 Å². The van der Waals surface area contributed by atoms with Gasteiger partial charge in [-0.1, -0.05) is 30.3 Å². The first kappa shape index (κ1) is 11.4. The topological polar surface area (TPSA) is 52.2 Å². The van der Waals surface area contributed by atoms with Gasteiger partial charge in [-0.3, -0.25) is 4.57 Å². The van der Waals surface area contributed by atoms with Crippen LogP contribution in [0.5, 0.6) is 0 Å². The summed E-state index contributed by atoms with van der Waals surface area (Å²) in [7, 11) is 0. The highest BCUT2D eigenvalue weighted by atomic mass is 32.1. The van der Waals surface area contributed by atoms with E-state index in [0.717, 1.165) is 15.8 Å². The number of nitrogens with zero attached hydrogens (tertiary/aromatic N) is 4. The Kier molecular flexibility index (Phi) is 2.43. The molecule has 0 aliphatic rings. The largest absolute Gasteiger partial charge is 0.352 e. The molecule has 0 N–H and O–H groups in total. The van der Waals surface area contributed by atoms with Crippen LogP contribution < -0.4 is 5.69 Å². The van der Waals surface area contributed by atoms with Gasteiger partial charge in [0, 0.05) is 0 Å². The molecule has 3 aromatic heterocycles. The molecule has 0 bridgehead atoms. The lowest BCUT2D eigenvalue weighted by Gasteiger charge is -2.08. The van der Waals surface area contributed by atoms with Crippen molar-refractivity contribution in [3.63, 3.8) is 0 Å². The van der Waals surface area contributed by atoms with Crippen LogP contribution in [0, 0.1) is 0 Å². The molecule has 3 heterocycles. The molecule has 4 rings (SSSR count). The van der Waals surface area contributed by atoms with Gasteiger partial charge in [0.2, 0.25) is 0 Å². The van der Waals surface area contributed by atoms with Crippen molar-refractivity contribution < 1.29 is 0 Å². The molecular weight excluding hydrogens is 272 g/mol. The Morgan fingerprint density at radius 2 is 2.00 bits per heavy atom. The van der Waals surface area contributed by atoms with Gasteiger partial charge in [-0.2, -0.15) is 9.61 Å². The Hall–Kier alpha value is -2.47. The summed E-state index contributed by atoms with van der Waals surface area (Å²) in [5.74, 6) is 0. The predicted molar refractivity (Wildman–Crippen MR) is 78.2 cm³/mol. The van der Waals surface area contributed by atoms with E-state index in [1.165, 1.54) is 10.8 Å². The highest BCUT2D eigenvalue weighted by molar-refractivity contribution is 7.16. The SMILES string of the molecule is O=c1n(Cc2ccccc2)c2sccc2c2ncnn12. The zero-order valence-electron chi connectivity index (χ0n) is 10.4. The molecule has 4 aromatic rings. The van der Waals surface area contributed by atoms with E-state index < -0.39 is 0 Å². The third-order valence-corrected chi connectivity index (χ3v) is 4.21. The second-order valence-electron chi connectivity index (χ2n) is 4.49. The molecule has 0 radical (unpaired) electrons. The molecule has 0 saturated heterocycles. The van der Waals surface area contributed by atoms with E-state index >= 15 is 0 Å². The molecule has 0 unspecified atom stereocenters. The standard InChI is InChI=1S/C14H10N4OS/c19-14-17(8-10-4-2-1-3-5-10)13-11(6-7-20-13)12-15-9-16-18(12)14/h1-7,9H,8H2. The van der Waals surface area contributed by atoms with Crippen molar-refractivity contribution in [1.29, 1.82) is 0 Å². The molecule has 0 fully saturated rings. The minimum Gasteiger partial charge on any atom is -0.278 e. The van der Waals surface area contributed by atoms with Crippen LogP contribution in [0.3, 0.4) is 0 Å². The van der Waals surface area contributed by atoms with Gasteiger partial charge in [0.1, 0.15) is 11.2 Å².